The predicted octanol–water partition coefficient (Wildman–Crippen LogP) is 3.46. The first kappa shape index (κ1) is 15.3. The highest BCUT2D eigenvalue weighted by molar-refractivity contribution is 5.42. The second kappa shape index (κ2) is 6.59. The van der Waals surface area contributed by atoms with E-state index in [0.29, 0.717) is 11.3 Å². The van der Waals surface area contributed by atoms with Crippen molar-refractivity contribution in [3.63, 3.8) is 0 Å². The summed E-state index contributed by atoms with van der Waals surface area (Å²) in [5.74, 6) is 1.00. The van der Waals surface area contributed by atoms with Gasteiger partial charge >= 0.3 is 0 Å². The minimum Gasteiger partial charge on any atom is -0.497 e. The fourth-order valence-electron chi connectivity index (χ4n) is 2.39. The molecule has 0 aliphatic carbocycles. The van der Waals surface area contributed by atoms with Crippen molar-refractivity contribution < 1.29 is 13.9 Å². The van der Waals surface area contributed by atoms with Gasteiger partial charge in [0.25, 0.3) is 0 Å². The topological polar surface area (TPSA) is 30.5 Å². The Kier molecular flexibility index (Phi) is 4.81. The first-order chi connectivity index (χ1) is 10.1. The van der Waals surface area contributed by atoms with E-state index in [1.807, 2.05) is 25.1 Å². The third-order valence-electron chi connectivity index (χ3n) is 3.57. The zero-order chi connectivity index (χ0) is 15.4. The number of aryl methyl sites for hydroxylation is 1. The van der Waals surface area contributed by atoms with Crippen LogP contribution in [0.3, 0.4) is 0 Å². The van der Waals surface area contributed by atoms with Crippen LogP contribution in [0.25, 0.3) is 0 Å². The van der Waals surface area contributed by atoms with Crippen molar-refractivity contribution in [2.75, 3.05) is 21.3 Å². The molecule has 0 radical (unpaired) electrons. The molecule has 2 aromatic rings. The van der Waals surface area contributed by atoms with Crippen LogP contribution in [-0.2, 0) is 0 Å². The molecule has 1 N–H and O–H groups in total. The normalized spacial score (nSPS) is 12.0. The van der Waals surface area contributed by atoms with Gasteiger partial charge in [0.2, 0.25) is 0 Å². The van der Waals surface area contributed by atoms with Crippen LogP contribution in [0.1, 0.15) is 22.7 Å². The summed E-state index contributed by atoms with van der Waals surface area (Å²) in [4.78, 5) is 0. The molecule has 0 saturated carbocycles. The SMILES string of the molecule is CNC(c1ccc(C)c(OC)c1)c1ccc(OC)cc1F. The molecule has 112 valence electrons. The van der Waals surface area contributed by atoms with Crippen molar-refractivity contribution in [3.05, 3.63) is 58.9 Å². The van der Waals surface area contributed by atoms with Crippen LogP contribution in [0, 0.1) is 12.7 Å². The van der Waals surface area contributed by atoms with Crippen LogP contribution < -0.4 is 14.8 Å². The average Bonchev–Trinajstić information content (AvgIpc) is 2.50. The van der Waals surface area contributed by atoms with Gasteiger partial charge in [0.1, 0.15) is 17.3 Å². The molecule has 1 atom stereocenters. The van der Waals surface area contributed by atoms with Crippen molar-refractivity contribution in [3.8, 4) is 11.5 Å². The van der Waals surface area contributed by atoms with E-state index in [1.54, 1.807) is 26.3 Å². The lowest BCUT2D eigenvalue weighted by Crippen LogP contribution is -2.19. The highest BCUT2D eigenvalue weighted by atomic mass is 19.1. The van der Waals surface area contributed by atoms with E-state index in [0.717, 1.165) is 16.9 Å². The van der Waals surface area contributed by atoms with Gasteiger partial charge in [-0.1, -0.05) is 18.2 Å². The standard InChI is InChI=1S/C17H20FNO2/c1-11-5-6-12(9-16(11)21-4)17(19-2)14-8-7-13(20-3)10-15(14)18/h5-10,17,19H,1-4H3. The molecule has 21 heavy (non-hydrogen) atoms. The largest absolute Gasteiger partial charge is 0.497 e. The molecular formula is C17H20FNO2. The Morgan fingerprint density at radius 2 is 1.81 bits per heavy atom. The summed E-state index contributed by atoms with van der Waals surface area (Å²) in [5.41, 5.74) is 2.57. The summed E-state index contributed by atoms with van der Waals surface area (Å²) in [6.07, 6.45) is 0. The van der Waals surface area contributed by atoms with Gasteiger partial charge < -0.3 is 14.8 Å². The fourth-order valence-corrected chi connectivity index (χ4v) is 2.39. The van der Waals surface area contributed by atoms with Gasteiger partial charge in [-0.2, -0.15) is 0 Å². The number of hydrogen-bond acceptors (Lipinski definition) is 3. The minimum atomic E-state index is -0.298. The average molecular weight is 289 g/mol. The number of benzene rings is 2. The smallest absolute Gasteiger partial charge is 0.132 e. The molecule has 1 unspecified atom stereocenters. The molecule has 2 rings (SSSR count). The summed E-state index contributed by atoms with van der Waals surface area (Å²) in [6.45, 7) is 1.98. The van der Waals surface area contributed by atoms with Crippen molar-refractivity contribution in [1.29, 1.82) is 0 Å². The molecule has 0 spiro atoms. The quantitative estimate of drug-likeness (QED) is 0.914. The molecule has 0 aliphatic rings. The van der Waals surface area contributed by atoms with Crippen LogP contribution in [-0.4, -0.2) is 21.3 Å². The molecule has 2 aromatic carbocycles. The van der Waals surface area contributed by atoms with Crippen molar-refractivity contribution >= 4 is 0 Å². The highest BCUT2D eigenvalue weighted by Crippen LogP contribution is 2.30. The third kappa shape index (κ3) is 3.16. The van der Waals surface area contributed by atoms with Gasteiger partial charge in [-0.25, -0.2) is 4.39 Å². The fraction of sp³-hybridized carbons (Fsp3) is 0.294. The maximum Gasteiger partial charge on any atom is 0.132 e. The van der Waals surface area contributed by atoms with Gasteiger partial charge in [-0.15, -0.1) is 0 Å². The lowest BCUT2D eigenvalue weighted by Gasteiger charge is -2.19. The monoisotopic (exact) mass is 289 g/mol. The maximum absolute atomic E-state index is 14.3. The summed E-state index contributed by atoms with van der Waals surface area (Å²) >= 11 is 0. The van der Waals surface area contributed by atoms with Crippen molar-refractivity contribution in [2.24, 2.45) is 0 Å². The number of halogens is 1. The van der Waals surface area contributed by atoms with Gasteiger partial charge in [-0.05, 0) is 37.2 Å². The Labute approximate surface area is 124 Å². The Morgan fingerprint density at radius 3 is 2.38 bits per heavy atom. The summed E-state index contributed by atoms with van der Waals surface area (Å²) in [7, 11) is 4.96. The molecule has 0 aromatic heterocycles. The van der Waals surface area contributed by atoms with Crippen LogP contribution in [0.5, 0.6) is 11.5 Å². The molecule has 0 bridgehead atoms. The summed E-state index contributed by atoms with van der Waals surface area (Å²) < 4.78 is 24.7. The number of nitrogens with one attached hydrogen (secondary N) is 1. The predicted molar refractivity (Wildman–Crippen MR) is 81.6 cm³/mol. The summed E-state index contributed by atoms with van der Waals surface area (Å²) in [6, 6.07) is 10.5. The lowest BCUT2D eigenvalue weighted by molar-refractivity contribution is 0.409. The summed E-state index contributed by atoms with van der Waals surface area (Å²) in [5, 5.41) is 3.15. The van der Waals surface area contributed by atoms with Gasteiger partial charge in [0.15, 0.2) is 0 Å². The van der Waals surface area contributed by atoms with Crippen LogP contribution >= 0.6 is 0 Å². The van der Waals surface area contributed by atoms with Crippen molar-refractivity contribution in [2.45, 2.75) is 13.0 Å². The number of hydrogen-bond donors (Lipinski definition) is 1. The lowest BCUT2D eigenvalue weighted by atomic mass is 9.97. The highest BCUT2D eigenvalue weighted by Gasteiger charge is 2.17. The van der Waals surface area contributed by atoms with Gasteiger partial charge in [0.05, 0.1) is 20.3 Å². The molecule has 0 amide bonds. The Hall–Kier alpha value is -2.07. The third-order valence-corrected chi connectivity index (χ3v) is 3.57. The zero-order valence-electron chi connectivity index (χ0n) is 12.7. The number of rotatable bonds is 5. The molecule has 0 fully saturated rings. The van der Waals surface area contributed by atoms with E-state index < -0.39 is 0 Å². The maximum atomic E-state index is 14.3. The van der Waals surface area contributed by atoms with Crippen LogP contribution in [0.4, 0.5) is 4.39 Å². The Bertz CT molecular complexity index is 628. The number of ether oxygens (including phenoxy) is 2. The van der Waals surface area contributed by atoms with Gasteiger partial charge in [-0.3, -0.25) is 0 Å². The van der Waals surface area contributed by atoms with Crippen LogP contribution in [0.2, 0.25) is 0 Å². The van der Waals surface area contributed by atoms with Crippen molar-refractivity contribution in [1.82, 2.24) is 5.32 Å². The van der Waals surface area contributed by atoms with Gasteiger partial charge in [0, 0.05) is 11.6 Å². The minimum absolute atomic E-state index is 0.245. The molecule has 0 heterocycles. The molecule has 3 nitrogen and oxygen atoms in total. The second-order valence-corrected chi connectivity index (χ2v) is 4.84. The van der Waals surface area contributed by atoms with Crippen LogP contribution in [0.15, 0.2) is 36.4 Å². The first-order valence-electron chi connectivity index (χ1n) is 6.76. The van der Waals surface area contributed by atoms with E-state index in [1.165, 1.54) is 13.2 Å². The number of methoxy groups -OCH3 is 2. The molecule has 0 aliphatic heterocycles. The van der Waals surface area contributed by atoms with E-state index in [9.17, 15) is 4.39 Å². The van der Waals surface area contributed by atoms with E-state index in [2.05, 4.69) is 5.32 Å². The van der Waals surface area contributed by atoms with E-state index >= 15 is 0 Å². The van der Waals surface area contributed by atoms with E-state index in [-0.39, 0.29) is 11.9 Å². The zero-order valence-corrected chi connectivity index (χ0v) is 12.7. The molecule has 4 heteroatoms. The molecule has 0 saturated heterocycles. The Morgan fingerprint density at radius 1 is 1.05 bits per heavy atom. The molecular weight excluding hydrogens is 269 g/mol. The Balaban J connectivity index is 2.44. The first-order valence-corrected chi connectivity index (χ1v) is 6.76. The van der Waals surface area contributed by atoms with E-state index in [4.69, 9.17) is 9.47 Å². The second-order valence-electron chi connectivity index (χ2n) is 4.84.